The molecule has 0 amide bonds. The summed E-state index contributed by atoms with van der Waals surface area (Å²) in [7, 11) is 0. The molecule has 1 aromatic carbocycles. The van der Waals surface area contributed by atoms with Crippen LogP contribution in [0.25, 0.3) is 0 Å². The number of rotatable bonds is 5. The molecule has 0 aliphatic heterocycles. The van der Waals surface area contributed by atoms with Gasteiger partial charge in [-0.2, -0.15) is 0 Å². The highest BCUT2D eigenvalue weighted by atomic mass is 79.9. The Morgan fingerprint density at radius 3 is 2.71 bits per heavy atom. The lowest BCUT2D eigenvalue weighted by Crippen LogP contribution is -2.22. The smallest absolute Gasteiger partial charge is 0.141 e. The molecule has 0 unspecified atom stereocenters. The third-order valence-corrected chi connectivity index (χ3v) is 3.75. The first-order valence-electron chi connectivity index (χ1n) is 6.77. The molecule has 2 rings (SSSR count). The van der Waals surface area contributed by atoms with E-state index in [1.165, 1.54) is 0 Å². The van der Waals surface area contributed by atoms with E-state index in [-0.39, 0.29) is 0 Å². The molecule has 1 aromatic heterocycles. The first kappa shape index (κ1) is 16.3. The number of hydrogen-bond donors (Lipinski definition) is 1. The van der Waals surface area contributed by atoms with Gasteiger partial charge in [-0.05, 0) is 41.1 Å². The normalized spacial score (nSPS) is 11.0. The lowest BCUT2D eigenvalue weighted by molar-refractivity contribution is 0.465. The van der Waals surface area contributed by atoms with Crippen molar-refractivity contribution in [2.24, 2.45) is 0 Å². The molecule has 0 saturated carbocycles. The van der Waals surface area contributed by atoms with E-state index >= 15 is 0 Å². The average Bonchev–Trinajstić information content (AvgIpc) is 2.41. The summed E-state index contributed by atoms with van der Waals surface area (Å²) in [5.41, 5.74) is 1.94. The number of aromatic nitrogens is 1. The van der Waals surface area contributed by atoms with Gasteiger partial charge < -0.3 is 10.1 Å². The van der Waals surface area contributed by atoms with Gasteiger partial charge in [0, 0.05) is 41.1 Å². The van der Waals surface area contributed by atoms with E-state index in [0.717, 1.165) is 27.2 Å². The van der Waals surface area contributed by atoms with E-state index in [1.807, 2.05) is 37.4 Å². The Labute approximate surface area is 138 Å². The van der Waals surface area contributed by atoms with Crippen molar-refractivity contribution in [3.05, 3.63) is 51.2 Å². The average molecular weight is 370 g/mol. The van der Waals surface area contributed by atoms with Crippen molar-refractivity contribution in [1.82, 2.24) is 10.3 Å². The topological polar surface area (TPSA) is 34.1 Å². The molecule has 0 aliphatic carbocycles. The molecule has 2 aromatic rings. The third kappa shape index (κ3) is 4.70. The number of ether oxygens (including phenoxy) is 1. The van der Waals surface area contributed by atoms with Crippen molar-refractivity contribution in [3.8, 4) is 11.5 Å². The summed E-state index contributed by atoms with van der Waals surface area (Å²) in [5.74, 6) is 1.54. The van der Waals surface area contributed by atoms with Crippen LogP contribution in [0.15, 0.2) is 34.9 Å². The molecule has 0 fully saturated rings. The number of nitrogens with zero attached hydrogens (tertiary/aromatic N) is 1. The van der Waals surface area contributed by atoms with Gasteiger partial charge in [0.1, 0.15) is 11.5 Å². The number of nitrogens with one attached hydrogen (secondary N) is 1. The van der Waals surface area contributed by atoms with Crippen LogP contribution in [0.5, 0.6) is 11.5 Å². The number of halogens is 2. The van der Waals surface area contributed by atoms with Crippen LogP contribution < -0.4 is 10.1 Å². The summed E-state index contributed by atoms with van der Waals surface area (Å²) < 4.78 is 6.85. The van der Waals surface area contributed by atoms with Crippen molar-refractivity contribution >= 4 is 27.5 Å². The highest BCUT2D eigenvalue weighted by Crippen LogP contribution is 2.33. The van der Waals surface area contributed by atoms with E-state index in [2.05, 4.69) is 40.1 Å². The maximum Gasteiger partial charge on any atom is 0.141 e. The molecule has 5 heteroatoms. The van der Waals surface area contributed by atoms with E-state index in [9.17, 15) is 0 Å². The van der Waals surface area contributed by atoms with Gasteiger partial charge >= 0.3 is 0 Å². The van der Waals surface area contributed by atoms with Crippen LogP contribution in [0.2, 0.25) is 5.02 Å². The summed E-state index contributed by atoms with van der Waals surface area (Å²) in [6.07, 6.45) is 1.85. The highest BCUT2D eigenvalue weighted by molar-refractivity contribution is 9.10. The van der Waals surface area contributed by atoms with Crippen molar-refractivity contribution < 1.29 is 4.74 Å². The van der Waals surface area contributed by atoms with Gasteiger partial charge in [-0.3, -0.25) is 4.98 Å². The Morgan fingerprint density at radius 1 is 1.29 bits per heavy atom. The summed E-state index contributed by atoms with van der Waals surface area (Å²) in [6, 6.07) is 7.82. The zero-order valence-corrected chi connectivity index (χ0v) is 14.6. The Bertz CT molecular complexity index is 632. The largest absolute Gasteiger partial charge is 0.456 e. The fourth-order valence-corrected chi connectivity index (χ4v) is 2.54. The van der Waals surface area contributed by atoms with E-state index in [0.29, 0.717) is 17.6 Å². The number of pyridine rings is 1. The van der Waals surface area contributed by atoms with Gasteiger partial charge in [-0.15, -0.1) is 0 Å². The lowest BCUT2D eigenvalue weighted by Gasteiger charge is -2.14. The minimum absolute atomic E-state index is 0.404. The maximum atomic E-state index is 6.02. The molecule has 112 valence electrons. The Hall–Kier alpha value is -1.10. The second kappa shape index (κ2) is 7.25. The van der Waals surface area contributed by atoms with Crippen LogP contribution in [-0.2, 0) is 6.54 Å². The van der Waals surface area contributed by atoms with Crippen LogP contribution >= 0.6 is 27.5 Å². The number of aryl methyl sites for hydroxylation is 1. The molecule has 21 heavy (non-hydrogen) atoms. The predicted molar refractivity (Wildman–Crippen MR) is 90.2 cm³/mol. The summed E-state index contributed by atoms with van der Waals surface area (Å²) in [4.78, 5) is 4.34. The number of hydrogen-bond acceptors (Lipinski definition) is 3. The number of benzene rings is 1. The molecule has 0 radical (unpaired) electrons. The summed E-state index contributed by atoms with van der Waals surface area (Å²) in [5, 5.41) is 4.05. The first-order chi connectivity index (χ1) is 9.95. The highest BCUT2D eigenvalue weighted by Gasteiger charge is 2.09. The Kier molecular flexibility index (Phi) is 5.62. The van der Waals surface area contributed by atoms with Crippen LogP contribution in [0.3, 0.4) is 0 Å². The molecular weight excluding hydrogens is 352 g/mol. The molecule has 1 heterocycles. The maximum absolute atomic E-state index is 6.02. The third-order valence-electron chi connectivity index (χ3n) is 2.90. The van der Waals surface area contributed by atoms with Crippen LogP contribution in [-0.4, -0.2) is 11.0 Å². The quantitative estimate of drug-likeness (QED) is 0.796. The van der Waals surface area contributed by atoms with Crippen molar-refractivity contribution in [3.63, 3.8) is 0 Å². The summed E-state index contributed by atoms with van der Waals surface area (Å²) in [6.45, 7) is 6.88. The van der Waals surface area contributed by atoms with Crippen molar-refractivity contribution in [2.75, 3.05) is 0 Å². The Morgan fingerprint density at radius 2 is 2.05 bits per heavy atom. The van der Waals surface area contributed by atoms with Crippen LogP contribution in [0, 0.1) is 6.92 Å². The van der Waals surface area contributed by atoms with Gasteiger partial charge in [0.25, 0.3) is 0 Å². The second-order valence-corrected chi connectivity index (χ2v) is 6.44. The van der Waals surface area contributed by atoms with E-state index in [1.54, 1.807) is 0 Å². The van der Waals surface area contributed by atoms with Crippen LogP contribution in [0.1, 0.15) is 25.1 Å². The van der Waals surface area contributed by atoms with E-state index < -0.39 is 0 Å². The van der Waals surface area contributed by atoms with Crippen molar-refractivity contribution in [1.29, 1.82) is 0 Å². The standard InChI is InChI=1S/C16H18BrClN2O/c1-10(2)19-8-12-9-20-11(3)6-16(12)21-15-5-4-13(18)7-14(15)17/h4-7,9-10,19H,8H2,1-3H3. The fraction of sp³-hybridized carbons (Fsp3) is 0.312. The molecule has 0 saturated heterocycles. The minimum atomic E-state index is 0.404. The fourth-order valence-electron chi connectivity index (χ4n) is 1.78. The molecule has 0 aliphatic rings. The summed E-state index contributed by atoms with van der Waals surface area (Å²) >= 11 is 9.42. The SMILES string of the molecule is Cc1cc(Oc2ccc(Cl)cc2Br)c(CNC(C)C)cn1. The minimum Gasteiger partial charge on any atom is -0.456 e. The second-order valence-electron chi connectivity index (χ2n) is 5.15. The van der Waals surface area contributed by atoms with Crippen LogP contribution in [0.4, 0.5) is 0 Å². The molecule has 1 N–H and O–H groups in total. The molecule has 0 atom stereocenters. The lowest BCUT2D eigenvalue weighted by atomic mass is 10.2. The van der Waals surface area contributed by atoms with Gasteiger partial charge in [0.15, 0.2) is 0 Å². The predicted octanol–water partition coefficient (Wildman–Crippen LogP) is 5.10. The first-order valence-corrected chi connectivity index (χ1v) is 7.94. The zero-order chi connectivity index (χ0) is 15.4. The molecular formula is C16H18BrClN2O. The zero-order valence-electron chi connectivity index (χ0n) is 12.3. The Balaban J connectivity index is 2.27. The van der Waals surface area contributed by atoms with Crippen molar-refractivity contribution in [2.45, 2.75) is 33.4 Å². The van der Waals surface area contributed by atoms with Gasteiger partial charge in [0.05, 0.1) is 4.47 Å². The van der Waals surface area contributed by atoms with Gasteiger partial charge in [-0.1, -0.05) is 25.4 Å². The van der Waals surface area contributed by atoms with Gasteiger partial charge in [-0.25, -0.2) is 0 Å². The van der Waals surface area contributed by atoms with Gasteiger partial charge in [0.2, 0.25) is 0 Å². The molecule has 0 spiro atoms. The molecule has 3 nitrogen and oxygen atoms in total. The monoisotopic (exact) mass is 368 g/mol. The molecule has 0 bridgehead atoms. The van der Waals surface area contributed by atoms with E-state index in [4.69, 9.17) is 16.3 Å².